The number of anilines is 1. The van der Waals surface area contributed by atoms with Crippen LogP contribution in [0.3, 0.4) is 0 Å². The summed E-state index contributed by atoms with van der Waals surface area (Å²) < 4.78 is 27.4. The van der Waals surface area contributed by atoms with Gasteiger partial charge in [0.2, 0.25) is 15.9 Å². The number of para-hydroxylation sites is 1. The highest BCUT2D eigenvalue weighted by molar-refractivity contribution is 7.88. The summed E-state index contributed by atoms with van der Waals surface area (Å²) in [4.78, 5) is 20.2. The molecule has 1 amide bonds. The van der Waals surface area contributed by atoms with Crippen LogP contribution in [0, 0.1) is 11.3 Å². The molecule has 0 aliphatic carbocycles. The monoisotopic (exact) mass is 483 g/mol. The molecule has 1 fully saturated rings. The van der Waals surface area contributed by atoms with Gasteiger partial charge in [0.1, 0.15) is 11.2 Å². The SMILES string of the molecule is CS(=O)(=O)N1CC2(C1)C(=O)N(Cc1nc3cc(Cl)ccc3n1CCCC#N)c1ccccc12. The summed E-state index contributed by atoms with van der Waals surface area (Å²) in [5.74, 6) is 0.585. The van der Waals surface area contributed by atoms with Crippen LogP contribution in [0.4, 0.5) is 5.69 Å². The molecule has 0 atom stereocenters. The van der Waals surface area contributed by atoms with Crippen molar-refractivity contribution >= 4 is 44.3 Å². The fraction of sp³-hybridized carbons (Fsp3) is 0.348. The third-order valence-corrected chi connectivity index (χ3v) is 7.92. The lowest BCUT2D eigenvalue weighted by Crippen LogP contribution is -2.64. The van der Waals surface area contributed by atoms with Gasteiger partial charge in [0.25, 0.3) is 0 Å². The second-order valence-electron chi connectivity index (χ2n) is 8.60. The second kappa shape index (κ2) is 7.83. The Balaban J connectivity index is 1.53. The number of rotatable bonds is 6. The summed E-state index contributed by atoms with van der Waals surface area (Å²) in [5, 5.41) is 9.54. The third kappa shape index (κ3) is 3.50. The number of fused-ring (bicyclic) bond motifs is 3. The van der Waals surface area contributed by atoms with Crippen molar-refractivity contribution in [2.75, 3.05) is 24.2 Å². The summed E-state index contributed by atoms with van der Waals surface area (Å²) in [6, 6.07) is 15.2. The van der Waals surface area contributed by atoms with Crippen molar-refractivity contribution in [1.29, 1.82) is 5.26 Å². The molecule has 0 bridgehead atoms. The number of amides is 1. The highest BCUT2D eigenvalue weighted by Crippen LogP contribution is 2.48. The Kier molecular flexibility index (Phi) is 5.20. The number of imidazole rings is 1. The highest BCUT2D eigenvalue weighted by atomic mass is 35.5. The lowest BCUT2D eigenvalue weighted by atomic mass is 9.76. The van der Waals surface area contributed by atoms with E-state index < -0.39 is 15.4 Å². The molecule has 170 valence electrons. The number of aryl methyl sites for hydroxylation is 1. The zero-order valence-electron chi connectivity index (χ0n) is 18.0. The Hall–Kier alpha value is -2.93. The van der Waals surface area contributed by atoms with Crippen molar-refractivity contribution in [3.05, 3.63) is 58.9 Å². The molecule has 3 aromatic rings. The van der Waals surface area contributed by atoms with Gasteiger partial charge in [0.05, 0.1) is 29.9 Å². The van der Waals surface area contributed by atoms with Gasteiger partial charge in [-0.1, -0.05) is 29.8 Å². The maximum Gasteiger partial charge on any atom is 0.240 e. The largest absolute Gasteiger partial charge is 0.326 e. The summed E-state index contributed by atoms with van der Waals surface area (Å²) in [5.41, 5.74) is 2.40. The highest BCUT2D eigenvalue weighted by Gasteiger charge is 2.60. The zero-order chi connectivity index (χ0) is 23.4. The number of benzene rings is 2. The predicted molar refractivity (Wildman–Crippen MR) is 125 cm³/mol. The molecular weight excluding hydrogens is 462 g/mol. The van der Waals surface area contributed by atoms with E-state index >= 15 is 0 Å². The molecule has 2 aliphatic rings. The van der Waals surface area contributed by atoms with Crippen LogP contribution in [-0.4, -0.2) is 47.5 Å². The number of aromatic nitrogens is 2. The first-order valence-electron chi connectivity index (χ1n) is 10.6. The van der Waals surface area contributed by atoms with Gasteiger partial charge in [-0.3, -0.25) is 4.79 Å². The number of nitriles is 1. The lowest BCUT2D eigenvalue weighted by molar-refractivity contribution is -0.127. The number of carbonyl (C=O) groups excluding carboxylic acids is 1. The third-order valence-electron chi connectivity index (χ3n) is 6.49. The van der Waals surface area contributed by atoms with E-state index in [2.05, 4.69) is 6.07 Å². The van der Waals surface area contributed by atoms with E-state index in [4.69, 9.17) is 21.8 Å². The van der Waals surface area contributed by atoms with E-state index in [1.165, 1.54) is 4.31 Å². The van der Waals surface area contributed by atoms with Gasteiger partial charge in [-0.25, -0.2) is 13.4 Å². The summed E-state index contributed by atoms with van der Waals surface area (Å²) in [7, 11) is -3.37. The molecule has 0 radical (unpaired) electrons. The molecule has 10 heteroatoms. The summed E-state index contributed by atoms with van der Waals surface area (Å²) in [6.07, 6.45) is 2.25. The lowest BCUT2D eigenvalue weighted by Gasteiger charge is -2.45. The Morgan fingerprint density at radius 2 is 1.97 bits per heavy atom. The molecule has 2 aliphatic heterocycles. The van der Waals surface area contributed by atoms with Crippen LogP contribution >= 0.6 is 11.6 Å². The number of hydrogen-bond acceptors (Lipinski definition) is 5. The molecule has 1 saturated heterocycles. The van der Waals surface area contributed by atoms with E-state index in [1.54, 1.807) is 17.0 Å². The molecule has 33 heavy (non-hydrogen) atoms. The smallest absolute Gasteiger partial charge is 0.240 e. The molecule has 0 unspecified atom stereocenters. The maximum absolute atomic E-state index is 13.7. The quantitative estimate of drug-likeness (QED) is 0.502. The topological polar surface area (TPSA) is 99.3 Å². The Labute approximate surface area is 197 Å². The van der Waals surface area contributed by atoms with Crippen LogP contribution in [-0.2, 0) is 33.3 Å². The van der Waals surface area contributed by atoms with Gasteiger partial charge in [0.15, 0.2) is 0 Å². The van der Waals surface area contributed by atoms with Crippen molar-refractivity contribution < 1.29 is 13.2 Å². The number of hydrogen-bond donors (Lipinski definition) is 0. The maximum atomic E-state index is 13.7. The number of halogens is 1. The van der Waals surface area contributed by atoms with Crippen LogP contribution in [0.5, 0.6) is 0 Å². The van der Waals surface area contributed by atoms with Crippen molar-refractivity contribution in [2.24, 2.45) is 0 Å². The standard InChI is InChI=1S/C23H22ClN5O3S/c1-33(31,32)27-14-23(15-27)17-6-2-3-7-19(17)29(22(23)30)13-21-26-18-12-16(24)8-9-20(18)28(21)11-5-4-10-25/h2-3,6-9,12H,4-5,11,13-15H2,1H3. The molecule has 2 aromatic carbocycles. The minimum absolute atomic E-state index is 0.114. The first kappa shape index (κ1) is 21.9. The van der Waals surface area contributed by atoms with Crippen LogP contribution in [0.2, 0.25) is 5.02 Å². The Bertz CT molecular complexity index is 1420. The van der Waals surface area contributed by atoms with E-state index in [1.807, 2.05) is 34.9 Å². The average Bonchev–Trinajstić information content (AvgIpc) is 3.19. The predicted octanol–water partition coefficient (Wildman–Crippen LogP) is 3.05. The van der Waals surface area contributed by atoms with Gasteiger partial charge in [-0.05, 0) is 36.2 Å². The summed E-state index contributed by atoms with van der Waals surface area (Å²) >= 11 is 6.17. The normalized spacial score (nSPS) is 17.4. The molecule has 1 aromatic heterocycles. The average molecular weight is 484 g/mol. The molecule has 0 N–H and O–H groups in total. The van der Waals surface area contributed by atoms with Gasteiger partial charge < -0.3 is 9.47 Å². The molecule has 5 rings (SSSR count). The Morgan fingerprint density at radius 1 is 1.21 bits per heavy atom. The molecule has 1 spiro atoms. The Morgan fingerprint density at radius 3 is 2.70 bits per heavy atom. The minimum Gasteiger partial charge on any atom is -0.326 e. The number of unbranched alkanes of at least 4 members (excludes halogenated alkanes) is 1. The van der Waals surface area contributed by atoms with Crippen LogP contribution in [0.25, 0.3) is 11.0 Å². The first-order valence-corrected chi connectivity index (χ1v) is 12.9. The summed E-state index contributed by atoms with van der Waals surface area (Å²) in [6.45, 7) is 1.13. The van der Waals surface area contributed by atoms with Gasteiger partial charge >= 0.3 is 0 Å². The first-order chi connectivity index (χ1) is 15.7. The number of carbonyl (C=O) groups is 1. The van der Waals surface area contributed by atoms with Crippen LogP contribution < -0.4 is 4.90 Å². The van der Waals surface area contributed by atoms with Crippen LogP contribution in [0.1, 0.15) is 24.2 Å². The molecule has 3 heterocycles. The zero-order valence-corrected chi connectivity index (χ0v) is 19.6. The van der Waals surface area contributed by atoms with Gasteiger partial charge in [-0.15, -0.1) is 0 Å². The van der Waals surface area contributed by atoms with Crippen LogP contribution in [0.15, 0.2) is 42.5 Å². The van der Waals surface area contributed by atoms with Gasteiger partial charge in [-0.2, -0.15) is 9.57 Å². The number of sulfonamides is 1. The molecular formula is C23H22ClN5O3S. The molecule has 0 saturated carbocycles. The minimum atomic E-state index is -3.37. The fourth-order valence-corrected chi connectivity index (χ4v) is 5.91. The van der Waals surface area contributed by atoms with E-state index in [9.17, 15) is 13.2 Å². The van der Waals surface area contributed by atoms with E-state index in [0.717, 1.165) is 28.5 Å². The van der Waals surface area contributed by atoms with E-state index in [-0.39, 0.29) is 25.5 Å². The second-order valence-corrected chi connectivity index (χ2v) is 11.0. The fourth-order valence-electron chi connectivity index (χ4n) is 4.83. The van der Waals surface area contributed by atoms with Gasteiger partial charge in [0, 0.05) is 36.8 Å². The number of nitrogens with zero attached hydrogens (tertiary/aromatic N) is 5. The van der Waals surface area contributed by atoms with Crippen molar-refractivity contribution in [3.8, 4) is 6.07 Å². The van der Waals surface area contributed by atoms with Crippen molar-refractivity contribution in [1.82, 2.24) is 13.9 Å². The van der Waals surface area contributed by atoms with Crippen molar-refractivity contribution in [3.63, 3.8) is 0 Å². The van der Waals surface area contributed by atoms with Crippen molar-refractivity contribution in [2.45, 2.75) is 31.3 Å². The van der Waals surface area contributed by atoms with E-state index in [0.29, 0.717) is 30.2 Å². The molecule has 8 nitrogen and oxygen atoms in total.